The minimum absolute atomic E-state index is 0.0840. The van der Waals surface area contributed by atoms with Gasteiger partial charge in [-0.05, 0) is 31.2 Å². The Morgan fingerprint density at radius 1 is 1.12 bits per heavy atom. The fourth-order valence-electron chi connectivity index (χ4n) is 1.98. The molecule has 0 aliphatic heterocycles. The smallest absolute Gasteiger partial charge is 0.260 e. The first kappa shape index (κ1) is 19.1. The van der Waals surface area contributed by atoms with Crippen LogP contribution in [0.5, 0.6) is 5.75 Å². The molecule has 0 unspecified atom stereocenters. The Kier molecular flexibility index (Phi) is 6.67. The van der Waals surface area contributed by atoms with Crippen molar-refractivity contribution in [2.45, 2.75) is 6.92 Å². The van der Waals surface area contributed by atoms with E-state index in [1.165, 1.54) is 18.0 Å². The van der Waals surface area contributed by atoms with Gasteiger partial charge in [-0.15, -0.1) is 0 Å². The summed E-state index contributed by atoms with van der Waals surface area (Å²) in [7, 11) is 1.53. The van der Waals surface area contributed by atoms with Crippen molar-refractivity contribution in [2.75, 3.05) is 25.5 Å². The maximum absolute atomic E-state index is 12.1. The summed E-state index contributed by atoms with van der Waals surface area (Å²) in [6, 6.07) is 12.1. The van der Waals surface area contributed by atoms with Crippen LogP contribution in [0, 0.1) is 6.92 Å². The van der Waals surface area contributed by atoms with Crippen LogP contribution in [0.4, 0.5) is 5.69 Å². The number of anilines is 1. The topological polar surface area (TPSA) is 58.6 Å². The van der Waals surface area contributed by atoms with Crippen LogP contribution in [0.2, 0.25) is 10.0 Å². The van der Waals surface area contributed by atoms with Gasteiger partial charge in [-0.25, -0.2) is 0 Å². The van der Waals surface area contributed by atoms with Gasteiger partial charge < -0.3 is 15.0 Å². The number of nitrogens with zero attached hydrogens (tertiary/aromatic N) is 1. The third kappa shape index (κ3) is 5.96. The van der Waals surface area contributed by atoms with Crippen molar-refractivity contribution in [2.24, 2.45) is 0 Å². The summed E-state index contributed by atoms with van der Waals surface area (Å²) >= 11 is 11.8. The molecule has 2 rings (SSSR count). The number of carbonyl (C=O) groups excluding carboxylic acids is 2. The molecule has 2 amide bonds. The number of benzene rings is 2. The first-order valence-electron chi connectivity index (χ1n) is 7.53. The summed E-state index contributed by atoms with van der Waals surface area (Å²) in [6.45, 7) is 1.64. The highest BCUT2D eigenvalue weighted by Crippen LogP contribution is 2.27. The van der Waals surface area contributed by atoms with Crippen molar-refractivity contribution in [3.05, 3.63) is 58.1 Å². The summed E-state index contributed by atoms with van der Waals surface area (Å²) in [5.41, 5.74) is 1.78. The lowest BCUT2D eigenvalue weighted by Crippen LogP contribution is -2.37. The van der Waals surface area contributed by atoms with Crippen molar-refractivity contribution >= 4 is 40.7 Å². The molecule has 0 radical (unpaired) electrons. The lowest BCUT2D eigenvalue weighted by molar-refractivity contribution is -0.135. The molecule has 0 heterocycles. The van der Waals surface area contributed by atoms with Gasteiger partial charge in [0.25, 0.3) is 5.91 Å². The number of hydrogen-bond donors (Lipinski definition) is 1. The predicted molar refractivity (Wildman–Crippen MR) is 99.4 cm³/mol. The van der Waals surface area contributed by atoms with E-state index in [-0.39, 0.29) is 25.0 Å². The monoisotopic (exact) mass is 380 g/mol. The molecule has 0 aromatic heterocycles. The van der Waals surface area contributed by atoms with Crippen molar-refractivity contribution in [1.29, 1.82) is 0 Å². The van der Waals surface area contributed by atoms with E-state index in [9.17, 15) is 9.59 Å². The van der Waals surface area contributed by atoms with E-state index in [0.717, 1.165) is 5.56 Å². The summed E-state index contributed by atoms with van der Waals surface area (Å²) in [5.74, 6) is -0.324. The lowest BCUT2D eigenvalue weighted by atomic mass is 10.2. The molecule has 0 fully saturated rings. The number of rotatable bonds is 6. The Hall–Kier alpha value is -2.24. The first-order chi connectivity index (χ1) is 11.8. The van der Waals surface area contributed by atoms with Crippen LogP contribution in [0.15, 0.2) is 42.5 Å². The Labute approximate surface area is 156 Å². The molecule has 0 spiro atoms. The fraction of sp³-hybridized carbons (Fsp3) is 0.222. The number of likely N-dealkylation sites (N-methyl/N-ethyl adjacent to an activating group) is 1. The molecule has 1 N–H and O–H groups in total. The van der Waals surface area contributed by atoms with E-state index in [0.29, 0.717) is 21.5 Å². The number of nitrogens with one attached hydrogen (secondary N) is 1. The Morgan fingerprint density at radius 2 is 1.80 bits per heavy atom. The maximum atomic E-state index is 12.1. The zero-order chi connectivity index (χ0) is 18.4. The van der Waals surface area contributed by atoms with Crippen LogP contribution in [-0.2, 0) is 9.59 Å². The number of aryl methyl sites for hydroxylation is 1. The number of hydrogen-bond acceptors (Lipinski definition) is 3. The van der Waals surface area contributed by atoms with E-state index in [1.54, 1.807) is 24.3 Å². The summed E-state index contributed by atoms with van der Waals surface area (Å²) in [4.78, 5) is 25.4. The molecular weight excluding hydrogens is 363 g/mol. The van der Waals surface area contributed by atoms with Crippen LogP contribution in [0.1, 0.15) is 5.56 Å². The first-order valence-corrected chi connectivity index (χ1v) is 8.29. The normalized spacial score (nSPS) is 10.2. The van der Waals surface area contributed by atoms with Crippen LogP contribution in [0.25, 0.3) is 0 Å². The van der Waals surface area contributed by atoms with E-state index in [1.807, 2.05) is 19.1 Å². The molecule has 2 aromatic rings. The average Bonchev–Trinajstić information content (AvgIpc) is 2.57. The zero-order valence-electron chi connectivity index (χ0n) is 13.9. The minimum atomic E-state index is -0.352. The van der Waals surface area contributed by atoms with Gasteiger partial charge in [0, 0.05) is 23.8 Å². The second kappa shape index (κ2) is 8.74. The van der Waals surface area contributed by atoms with Gasteiger partial charge in [0.2, 0.25) is 5.91 Å². The van der Waals surface area contributed by atoms with Crippen molar-refractivity contribution in [3.8, 4) is 5.75 Å². The quantitative estimate of drug-likeness (QED) is 0.829. The standard InChI is InChI=1S/C18H18Cl2N2O3/c1-12-3-6-14(7-4-12)21-17(23)10-22(2)18(24)11-25-16-9-13(19)5-8-15(16)20/h3-9H,10-11H2,1-2H3,(H,21,23). The van der Waals surface area contributed by atoms with Gasteiger partial charge >= 0.3 is 0 Å². The van der Waals surface area contributed by atoms with Crippen LogP contribution in [0.3, 0.4) is 0 Å². The van der Waals surface area contributed by atoms with Gasteiger partial charge in [-0.2, -0.15) is 0 Å². The highest BCUT2D eigenvalue weighted by molar-refractivity contribution is 6.34. The van der Waals surface area contributed by atoms with Gasteiger partial charge in [0.1, 0.15) is 5.75 Å². The lowest BCUT2D eigenvalue weighted by Gasteiger charge is -2.17. The Morgan fingerprint density at radius 3 is 2.48 bits per heavy atom. The minimum Gasteiger partial charge on any atom is -0.482 e. The average molecular weight is 381 g/mol. The zero-order valence-corrected chi connectivity index (χ0v) is 15.4. The highest BCUT2D eigenvalue weighted by atomic mass is 35.5. The largest absolute Gasteiger partial charge is 0.482 e. The van der Waals surface area contributed by atoms with E-state index in [2.05, 4.69) is 5.32 Å². The molecule has 5 nitrogen and oxygen atoms in total. The number of halogens is 2. The molecule has 132 valence electrons. The molecule has 7 heteroatoms. The SMILES string of the molecule is Cc1ccc(NC(=O)CN(C)C(=O)COc2cc(Cl)ccc2Cl)cc1. The van der Waals surface area contributed by atoms with E-state index >= 15 is 0 Å². The number of amides is 2. The molecule has 25 heavy (non-hydrogen) atoms. The summed E-state index contributed by atoms with van der Waals surface area (Å²) in [6.07, 6.45) is 0. The van der Waals surface area contributed by atoms with Gasteiger partial charge in [0.15, 0.2) is 6.61 Å². The predicted octanol–water partition coefficient (Wildman–Crippen LogP) is 3.78. The second-order valence-corrected chi connectivity index (χ2v) is 6.37. The molecule has 0 atom stereocenters. The highest BCUT2D eigenvalue weighted by Gasteiger charge is 2.14. The van der Waals surface area contributed by atoms with E-state index in [4.69, 9.17) is 27.9 Å². The van der Waals surface area contributed by atoms with Crippen LogP contribution < -0.4 is 10.1 Å². The molecular formula is C18H18Cl2N2O3. The molecule has 2 aromatic carbocycles. The van der Waals surface area contributed by atoms with Gasteiger partial charge in [-0.1, -0.05) is 40.9 Å². The molecule has 0 saturated heterocycles. The number of carbonyl (C=O) groups is 2. The Balaban J connectivity index is 1.84. The third-order valence-corrected chi connectivity index (χ3v) is 3.93. The second-order valence-electron chi connectivity index (χ2n) is 5.53. The fourth-order valence-corrected chi connectivity index (χ4v) is 2.31. The van der Waals surface area contributed by atoms with Crippen molar-refractivity contribution in [3.63, 3.8) is 0 Å². The van der Waals surface area contributed by atoms with Crippen molar-refractivity contribution in [1.82, 2.24) is 4.90 Å². The molecule has 0 aliphatic carbocycles. The van der Waals surface area contributed by atoms with Gasteiger partial charge in [0.05, 0.1) is 11.6 Å². The maximum Gasteiger partial charge on any atom is 0.260 e. The summed E-state index contributed by atoms with van der Waals surface area (Å²) < 4.78 is 5.37. The number of ether oxygens (including phenoxy) is 1. The van der Waals surface area contributed by atoms with Crippen LogP contribution >= 0.6 is 23.2 Å². The van der Waals surface area contributed by atoms with E-state index < -0.39 is 0 Å². The molecule has 0 saturated carbocycles. The summed E-state index contributed by atoms with van der Waals surface area (Å²) in [5, 5.41) is 3.55. The van der Waals surface area contributed by atoms with Crippen LogP contribution in [-0.4, -0.2) is 36.9 Å². The Bertz CT molecular complexity index is 763. The third-order valence-electron chi connectivity index (χ3n) is 3.39. The van der Waals surface area contributed by atoms with Crippen molar-refractivity contribution < 1.29 is 14.3 Å². The molecule has 0 aliphatic rings. The van der Waals surface area contributed by atoms with Gasteiger partial charge in [-0.3, -0.25) is 9.59 Å². The molecule has 0 bridgehead atoms.